The van der Waals surface area contributed by atoms with E-state index in [0.29, 0.717) is 5.89 Å². The minimum atomic E-state index is 0.711. The monoisotopic (exact) mass is 213 g/mol. The summed E-state index contributed by atoms with van der Waals surface area (Å²) in [7, 11) is 1.69. The van der Waals surface area contributed by atoms with Gasteiger partial charge in [-0.2, -0.15) is 4.98 Å². The van der Waals surface area contributed by atoms with Crippen LogP contribution in [-0.2, 0) is 17.6 Å². The van der Waals surface area contributed by atoms with E-state index in [1.165, 1.54) is 0 Å². The van der Waals surface area contributed by atoms with Crippen molar-refractivity contribution in [2.45, 2.75) is 26.2 Å². The van der Waals surface area contributed by atoms with Crippen LogP contribution >= 0.6 is 0 Å². The molecule has 0 aliphatic heterocycles. The second-order valence-corrected chi connectivity index (χ2v) is 3.30. The molecule has 1 rings (SSSR count). The molecule has 0 amide bonds. The summed E-state index contributed by atoms with van der Waals surface area (Å²) in [6.07, 6.45) is 2.55. The van der Waals surface area contributed by atoms with Crippen molar-refractivity contribution in [2.75, 3.05) is 26.8 Å². The fourth-order valence-corrected chi connectivity index (χ4v) is 1.24. The summed E-state index contributed by atoms with van der Waals surface area (Å²) < 4.78 is 10.1. The van der Waals surface area contributed by atoms with Crippen LogP contribution in [0.5, 0.6) is 0 Å². The number of ether oxygens (including phenoxy) is 1. The molecule has 0 unspecified atom stereocenters. The van der Waals surface area contributed by atoms with Gasteiger partial charge in [0.2, 0.25) is 5.89 Å². The lowest BCUT2D eigenvalue weighted by Crippen LogP contribution is -2.16. The molecule has 0 aliphatic rings. The van der Waals surface area contributed by atoms with Crippen molar-refractivity contribution in [2.24, 2.45) is 0 Å². The highest BCUT2D eigenvalue weighted by Crippen LogP contribution is 2.00. The molecule has 0 radical (unpaired) electrons. The topological polar surface area (TPSA) is 60.2 Å². The molecule has 1 aromatic heterocycles. The van der Waals surface area contributed by atoms with Crippen LogP contribution in [0.2, 0.25) is 0 Å². The maximum absolute atomic E-state index is 5.10. The normalized spacial score (nSPS) is 10.8. The first-order valence-electron chi connectivity index (χ1n) is 5.38. The molecule has 86 valence electrons. The van der Waals surface area contributed by atoms with Crippen LogP contribution in [0.1, 0.15) is 25.1 Å². The molecule has 0 spiro atoms. The van der Waals surface area contributed by atoms with Gasteiger partial charge in [-0.1, -0.05) is 12.1 Å². The lowest BCUT2D eigenvalue weighted by molar-refractivity contribution is 0.194. The molecule has 15 heavy (non-hydrogen) atoms. The highest BCUT2D eigenvalue weighted by atomic mass is 16.5. The molecule has 5 heteroatoms. The van der Waals surface area contributed by atoms with Crippen molar-refractivity contribution in [1.29, 1.82) is 0 Å². The van der Waals surface area contributed by atoms with Crippen molar-refractivity contribution < 1.29 is 9.26 Å². The first-order valence-corrected chi connectivity index (χ1v) is 5.38. The van der Waals surface area contributed by atoms with E-state index in [-0.39, 0.29) is 0 Å². The Labute approximate surface area is 90.2 Å². The Kier molecular flexibility index (Phi) is 5.96. The molecule has 0 atom stereocenters. The van der Waals surface area contributed by atoms with E-state index in [9.17, 15) is 0 Å². The number of nitrogens with zero attached hydrogens (tertiary/aromatic N) is 2. The van der Waals surface area contributed by atoms with Gasteiger partial charge < -0.3 is 14.6 Å². The van der Waals surface area contributed by atoms with Crippen LogP contribution < -0.4 is 5.32 Å². The Morgan fingerprint density at radius 3 is 3.00 bits per heavy atom. The van der Waals surface area contributed by atoms with Gasteiger partial charge in [0.25, 0.3) is 0 Å². The molecule has 0 saturated carbocycles. The number of hydrogen-bond acceptors (Lipinski definition) is 5. The Morgan fingerprint density at radius 1 is 1.40 bits per heavy atom. The van der Waals surface area contributed by atoms with Gasteiger partial charge in [-0.05, 0) is 13.0 Å². The van der Waals surface area contributed by atoms with Gasteiger partial charge in [-0.25, -0.2) is 0 Å². The zero-order valence-electron chi connectivity index (χ0n) is 9.45. The quantitative estimate of drug-likeness (QED) is 0.647. The van der Waals surface area contributed by atoms with E-state index in [1.54, 1.807) is 7.11 Å². The number of nitrogens with one attached hydrogen (secondary N) is 1. The maximum atomic E-state index is 5.10. The van der Waals surface area contributed by atoms with Crippen LogP contribution in [0.25, 0.3) is 0 Å². The third kappa shape index (κ3) is 4.90. The average molecular weight is 213 g/mol. The Balaban J connectivity index is 2.23. The third-order valence-corrected chi connectivity index (χ3v) is 2.02. The number of aromatic nitrogens is 2. The van der Waals surface area contributed by atoms with Crippen LogP contribution in [0, 0.1) is 0 Å². The molecule has 0 bridgehead atoms. The molecular weight excluding hydrogens is 194 g/mol. The third-order valence-electron chi connectivity index (χ3n) is 2.02. The van der Waals surface area contributed by atoms with Gasteiger partial charge in [0.05, 0.1) is 0 Å². The van der Waals surface area contributed by atoms with Crippen LogP contribution in [-0.4, -0.2) is 36.9 Å². The first kappa shape index (κ1) is 12.1. The van der Waals surface area contributed by atoms with Gasteiger partial charge in [-0.15, -0.1) is 0 Å². The molecule has 1 N–H and O–H groups in total. The molecule has 5 nitrogen and oxygen atoms in total. The Hall–Kier alpha value is -0.940. The average Bonchev–Trinajstić information content (AvgIpc) is 2.67. The molecule has 0 aromatic carbocycles. The van der Waals surface area contributed by atoms with Gasteiger partial charge in [0.1, 0.15) is 0 Å². The number of rotatable bonds is 8. The zero-order chi connectivity index (χ0) is 10.9. The number of aryl methyl sites for hydroxylation is 1. The second kappa shape index (κ2) is 7.36. The predicted octanol–water partition coefficient (Wildman–Crippen LogP) is 0.801. The Bertz CT molecular complexity index is 238. The minimum absolute atomic E-state index is 0.711. The zero-order valence-corrected chi connectivity index (χ0v) is 9.45. The summed E-state index contributed by atoms with van der Waals surface area (Å²) in [6.45, 7) is 4.66. The van der Waals surface area contributed by atoms with E-state index in [4.69, 9.17) is 9.26 Å². The van der Waals surface area contributed by atoms with E-state index in [1.807, 2.05) is 0 Å². The lowest BCUT2D eigenvalue weighted by atomic mass is 10.3. The smallest absolute Gasteiger partial charge is 0.227 e. The maximum Gasteiger partial charge on any atom is 0.227 e. The largest absolute Gasteiger partial charge is 0.385 e. The lowest BCUT2D eigenvalue weighted by Gasteiger charge is -1.95. The van der Waals surface area contributed by atoms with E-state index >= 15 is 0 Å². The van der Waals surface area contributed by atoms with E-state index < -0.39 is 0 Å². The fraction of sp³-hybridized carbons (Fsp3) is 0.800. The summed E-state index contributed by atoms with van der Waals surface area (Å²) in [4.78, 5) is 4.28. The van der Waals surface area contributed by atoms with Gasteiger partial charge >= 0.3 is 0 Å². The van der Waals surface area contributed by atoms with Gasteiger partial charge in [0.15, 0.2) is 5.82 Å². The van der Waals surface area contributed by atoms with E-state index in [2.05, 4.69) is 22.4 Å². The van der Waals surface area contributed by atoms with E-state index in [0.717, 1.165) is 44.8 Å². The number of hydrogen-bond donors (Lipinski definition) is 1. The van der Waals surface area contributed by atoms with Crippen LogP contribution in [0.3, 0.4) is 0 Å². The predicted molar refractivity (Wildman–Crippen MR) is 56.7 cm³/mol. The van der Waals surface area contributed by atoms with Crippen molar-refractivity contribution >= 4 is 0 Å². The van der Waals surface area contributed by atoms with Gasteiger partial charge in [-0.3, -0.25) is 0 Å². The minimum Gasteiger partial charge on any atom is -0.385 e. The molecule has 0 aliphatic carbocycles. The molecule has 0 fully saturated rings. The van der Waals surface area contributed by atoms with Crippen LogP contribution in [0.15, 0.2) is 4.52 Å². The molecular formula is C10H19N3O2. The van der Waals surface area contributed by atoms with Crippen molar-refractivity contribution in [3.63, 3.8) is 0 Å². The molecule has 0 saturated heterocycles. The number of likely N-dealkylation sites (N-methyl/N-ethyl adjacent to an activating group) is 1. The summed E-state index contributed by atoms with van der Waals surface area (Å²) in [6, 6.07) is 0. The van der Waals surface area contributed by atoms with Crippen LogP contribution in [0.4, 0.5) is 0 Å². The summed E-state index contributed by atoms with van der Waals surface area (Å²) in [5.41, 5.74) is 0. The van der Waals surface area contributed by atoms with Gasteiger partial charge in [0, 0.05) is 33.1 Å². The summed E-state index contributed by atoms with van der Waals surface area (Å²) in [5, 5.41) is 7.11. The molecule has 1 heterocycles. The summed E-state index contributed by atoms with van der Waals surface area (Å²) >= 11 is 0. The van der Waals surface area contributed by atoms with Crippen molar-refractivity contribution in [1.82, 2.24) is 15.5 Å². The fourth-order valence-electron chi connectivity index (χ4n) is 1.24. The van der Waals surface area contributed by atoms with Crippen molar-refractivity contribution in [3.05, 3.63) is 11.7 Å². The standard InChI is InChI=1S/C10H19N3O2/c1-3-11-7-6-10-12-9(13-15-10)5-4-8-14-2/h11H,3-8H2,1-2H3. The van der Waals surface area contributed by atoms with Crippen molar-refractivity contribution in [3.8, 4) is 0 Å². The Morgan fingerprint density at radius 2 is 2.27 bits per heavy atom. The first-order chi connectivity index (χ1) is 7.36. The number of methoxy groups -OCH3 is 1. The second-order valence-electron chi connectivity index (χ2n) is 3.30. The highest BCUT2D eigenvalue weighted by Gasteiger charge is 2.04. The molecule has 1 aromatic rings. The summed E-state index contributed by atoms with van der Waals surface area (Å²) in [5.74, 6) is 1.49. The highest BCUT2D eigenvalue weighted by molar-refractivity contribution is 4.87. The SMILES string of the molecule is CCNCCc1nc(CCCOC)no1.